The van der Waals surface area contributed by atoms with Crippen molar-refractivity contribution in [2.45, 2.75) is 96.2 Å². The van der Waals surface area contributed by atoms with Crippen molar-refractivity contribution in [2.24, 2.45) is 0 Å². The van der Waals surface area contributed by atoms with Crippen LogP contribution >= 0.6 is 11.6 Å². The SMILES string of the molecule is CCCCOCC1O[C@H](Cl)C(OC(C)=O)C(OCCCC)[C@@H]1OCCCC. The minimum atomic E-state index is -0.800. The van der Waals surface area contributed by atoms with Crippen LogP contribution in [0.15, 0.2) is 0 Å². The van der Waals surface area contributed by atoms with Crippen LogP contribution < -0.4 is 0 Å². The maximum absolute atomic E-state index is 11.6. The Morgan fingerprint density at radius 1 is 0.889 bits per heavy atom. The van der Waals surface area contributed by atoms with Gasteiger partial charge in [0.2, 0.25) is 0 Å². The molecular weight excluding hydrogens is 372 g/mol. The third-order valence-corrected chi connectivity index (χ3v) is 4.77. The van der Waals surface area contributed by atoms with Crippen molar-refractivity contribution in [3.63, 3.8) is 0 Å². The molecule has 27 heavy (non-hydrogen) atoms. The standard InChI is InChI=1S/C20H37ClO6/c1-5-8-11-23-14-16-17(24-12-9-6-2)18(25-13-10-7-3)19(20(21)27-16)26-15(4)22/h16-20H,5-14H2,1-4H3/t16?,17-,18?,19?,20+/m1/s1. The molecule has 1 saturated heterocycles. The predicted octanol–water partition coefficient (Wildman–Crippen LogP) is 4.07. The molecule has 0 aromatic heterocycles. The Hall–Kier alpha value is -0.400. The highest BCUT2D eigenvalue weighted by Gasteiger charge is 2.48. The Kier molecular flexibility index (Phi) is 13.3. The first-order chi connectivity index (χ1) is 13.0. The highest BCUT2D eigenvalue weighted by molar-refractivity contribution is 6.20. The molecule has 0 aliphatic carbocycles. The first-order valence-electron chi connectivity index (χ1n) is 10.3. The molecule has 1 aliphatic heterocycles. The molecule has 0 radical (unpaired) electrons. The largest absolute Gasteiger partial charge is 0.456 e. The van der Waals surface area contributed by atoms with Gasteiger partial charge in [-0.15, -0.1) is 0 Å². The van der Waals surface area contributed by atoms with Crippen molar-refractivity contribution in [1.82, 2.24) is 0 Å². The van der Waals surface area contributed by atoms with Crippen LogP contribution in [0, 0.1) is 0 Å². The fourth-order valence-corrected chi connectivity index (χ4v) is 3.21. The van der Waals surface area contributed by atoms with Crippen molar-refractivity contribution >= 4 is 17.6 Å². The van der Waals surface area contributed by atoms with Gasteiger partial charge in [0.1, 0.15) is 18.3 Å². The summed E-state index contributed by atoms with van der Waals surface area (Å²) < 4.78 is 29.3. The number of hydrogen-bond acceptors (Lipinski definition) is 6. The Morgan fingerprint density at radius 3 is 2.00 bits per heavy atom. The minimum Gasteiger partial charge on any atom is -0.456 e. The van der Waals surface area contributed by atoms with E-state index in [9.17, 15) is 4.79 Å². The number of carbonyl (C=O) groups is 1. The maximum Gasteiger partial charge on any atom is 0.303 e. The number of hydrogen-bond donors (Lipinski definition) is 0. The lowest BCUT2D eigenvalue weighted by molar-refractivity contribution is -0.245. The molecule has 0 bridgehead atoms. The Bertz CT molecular complexity index is 395. The minimum absolute atomic E-state index is 0.361. The van der Waals surface area contributed by atoms with Crippen LogP contribution in [0.2, 0.25) is 0 Å². The number of halogens is 1. The Labute approximate surface area is 169 Å². The van der Waals surface area contributed by atoms with Gasteiger partial charge in [0.15, 0.2) is 11.7 Å². The van der Waals surface area contributed by atoms with E-state index in [0.29, 0.717) is 26.4 Å². The maximum atomic E-state index is 11.6. The molecule has 6 nitrogen and oxygen atoms in total. The number of carbonyl (C=O) groups excluding carboxylic acids is 1. The van der Waals surface area contributed by atoms with Gasteiger partial charge in [-0.25, -0.2) is 0 Å². The van der Waals surface area contributed by atoms with Crippen molar-refractivity contribution in [1.29, 1.82) is 0 Å². The van der Waals surface area contributed by atoms with Crippen LogP contribution in [0.5, 0.6) is 0 Å². The first-order valence-corrected chi connectivity index (χ1v) is 10.8. The van der Waals surface area contributed by atoms with E-state index in [1.54, 1.807) is 0 Å². The Morgan fingerprint density at radius 2 is 1.44 bits per heavy atom. The van der Waals surface area contributed by atoms with Gasteiger partial charge >= 0.3 is 5.97 Å². The summed E-state index contributed by atoms with van der Waals surface area (Å²) in [6, 6.07) is 0. The third kappa shape index (κ3) is 9.09. The molecule has 0 amide bonds. The second-order valence-corrected chi connectivity index (χ2v) is 7.34. The van der Waals surface area contributed by atoms with Gasteiger partial charge in [-0.1, -0.05) is 51.6 Å². The van der Waals surface area contributed by atoms with Crippen molar-refractivity contribution in [2.75, 3.05) is 26.4 Å². The summed E-state index contributed by atoms with van der Waals surface area (Å²) in [5.74, 6) is -0.414. The van der Waals surface area contributed by atoms with E-state index in [-0.39, 0.29) is 6.10 Å². The Balaban J connectivity index is 2.88. The van der Waals surface area contributed by atoms with E-state index in [1.807, 2.05) is 0 Å². The molecule has 0 spiro atoms. The predicted molar refractivity (Wildman–Crippen MR) is 105 cm³/mol. The lowest BCUT2D eigenvalue weighted by atomic mass is 9.99. The molecular formula is C20H37ClO6. The summed E-state index contributed by atoms with van der Waals surface area (Å²) in [5.41, 5.74) is -0.800. The van der Waals surface area contributed by atoms with Crippen molar-refractivity contribution in [3.05, 3.63) is 0 Å². The molecule has 0 saturated carbocycles. The van der Waals surface area contributed by atoms with Crippen LogP contribution in [-0.4, -0.2) is 62.4 Å². The van der Waals surface area contributed by atoms with Gasteiger partial charge in [0.25, 0.3) is 0 Å². The van der Waals surface area contributed by atoms with Gasteiger partial charge in [-0.05, 0) is 19.3 Å². The number of alkyl halides is 1. The number of esters is 1. The second-order valence-electron chi connectivity index (χ2n) is 6.91. The fraction of sp³-hybridized carbons (Fsp3) is 0.950. The van der Waals surface area contributed by atoms with Crippen molar-refractivity contribution in [3.8, 4) is 0 Å². The summed E-state index contributed by atoms with van der Waals surface area (Å²) in [7, 11) is 0. The number of rotatable bonds is 14. The van der Waals surface area contributed by atoms with Crippen LogP contribution in [0.1, 0.15) is 66.2 Å². The summed E-state index contributed by atoms with van der Waals surface area (Å²) in [5, 5.41) is 0. The van der Waals surface area contributed by atoms with Crippen LogP contribution in [-0.2, 0) is 28.5 Å². The molecule has 0 aromatic rings. The van der Waals surface area contributed by atoms with Gasteiger partial charge < -0.3 is 23.7 Å². The zero-order chi connectivity index (χ0) is 20.1. The van der Waals surface area contributed by atoms with E-state index < -0.39 is 29.8 Å². The van der Waals surface area contributed by atoms with E-state index in [2.05, 4.69) is 20.8 Å². The monoisotopic (exact) mass is 408 g/mol. The fourth-order valence-electron chi connectivity index (χ4n) is 2.88. The normalized spacial score (nSPS) is 28.3. The highest BCUT2D eigenvalue weighted by Crippen LogP contribution is 2.31. The molecule has 1 fully saturated rings. The van der Waals surface area contributed by atoms with E-state index >= 15 is 0 Å². The number of unbranched alkanes of at least 4 members (excludes halogenated alkanes) is 3. The average Bonchev–Trinajstić information content (AvgIpc) is 2.63. The molecule has 0 N–H and O–H groups in total. The van der Waals surface area contributed by atoms with Gasteiger partial charge in [0.05, 0.1) is 6.61 Å². The van der Waals surface area contributed by atoms with E-state index in [1.165, 1.54) is 6.92 Å². The molecule has 5 atom stereocenters. The molecule has 160 valence electrons. The van der Waals surface area contributed by atoms with Gasteiger partial charge in [-0.3, -0.25) is 4.79 Å². The van der Waals surface area contributed by atoms with E-state index in [4.69, 9.17) is 35.3 Å². The second kappa shape index (κ2) is 14.6. The third-order valence-electron chi connectivity index (χ3n) is 4.42. The quantitative estimate of drug-likeness (QED) is 0.245. The topological polar surface area (TPSA) is 63.2 Å². The summed E-state index contributed by atoms with van der Waals surface area (Å²) in [6.45, 7) is 9.87. The molecule has 3 unspecified atom stereocenters. The first kappa shape index (κ1) is 24.6. The average molecular weight is 409 g/mol. The summed E-state index contributed by atoms with van der Waals surface area (Å²) >= 11 is 6.41. The molecule has 1 aliphatic rings. The van der Waals surface area contributed by atoms with E-state index in [0.717, 1.165) is 38.5 Å². The lowest BCUT2D eigenvalue weighted by Gasteiger charge is -2.43. The zero-order valence-corrected chi connectivity index (χ0v) is 18.0. The smallest absolute Gasteiger partial charge is 0.303 e. The van der Waals surface area contributed by atoms with Gasteiger partial charge in [-0.2, -0.15) is 0 Å². The summed E-state index contributed by atoms with van der Waals surface area (Å²) in [4.78, 5) is 11.6. The van der Waals surface area contributed by atoms with Crippen molar-refractivity contribution < 1.29 is 28.5 Å². The van der Waals surface area contributed by atoms with Crippen LogP contribution in [0.25, 0.3) is 0 Å². The summed E-state index contributed by atoms with van der Waals surface area (Å²) in [6.07, 6.45) is 4.00. The lowest BCUT2D eigenvalue weighted by Crippen LogP contribution is -2.60. The molecule has 0 aromatic carbocycles. The van der Waals surface area contributed by atoms with Gasteiger partial charge in [0, 0.05) is 26.7 Å². The molecule has 1 heterocycles. The van der Waals surface area contributed by atoms with Crippen LogP contribution in [0.3, 0.4) is 0 Å². The number of ether oxygens (including phenoxy) is 5. The molecule has 7 heteroatoms. The molecule has 1 rings (SSSR count). The zero-order valence-electron chi connectivity index (χ0n) is 17.3. The van der Waals surface area contributed by atoms with Crippen LogP contribution in [0.4, 0.5) is 0 Å². The highest BCUT2D eigenvalue weighted by atomic mass is 35.5.